The zero-order valence-corrected chi connectivity index (χ0v) is 14.3. The van der Waals surface area contributed by atoms with E-state index in [4.69, 9.17) is 4.74 Å². The number of pyridine rings is 1. The number of nitrogens with zero attached hydrogens (tertiary/aromatic N) is 2. The molecular weight excluding hydrogens is 316 g/mol. The smallest absolute Gasteiger partial charge is 0.313 e. The van der Waals surface area contributed by atoms with E-state index in [0.29, 0.717) is 17.8 Å². The molecule has 0 N–H and O–H groups in total. The van der Waals surface area contributed by atoms with Crippen LogP contribution in [-0.4, -0.2) is 15.4 Å². The zero-order valence-electron chi connectivity index (χ0n) is 14.3. The lowest BCUT2D eigenvalue weighted by atomic mass is 9.97. The molecule has 128 valence electrons. The minimum atomic E-state index is -0.315. The van der Waals surface area contributed by atoms with E-state index in [1.54, 1.807) is 12.3 Å². The molecule has 3 aromatic rings. The molecule has 25 heavy (non-hydrogen) atoms. The third-order valence-corrected chi connectivity index (χ3v) is 4.20. The highest BCUT2D eigenvalue weighted by Gasteiger charge is 2.20. The van der Waals surface area contributed by atoms with Gasteiger partial charge in [-0.25, -0.2) is 4.98 Å². The average molecular weight is 336 g/mol. The Morgan fingerprint density at radius 3 is 2.68 bits per heavy atom. The molecule has 0 aliphatic heterocycles. The van der Waals surface area contributed by atoms with Crippen molar-refractivity contribution in [2.45, 2.75) is 32.8 Å². The second-order valence-electron chi connectivity index (χ2n) is 5.95. The second-order valence-corrected chi connectivity index (χ2v) is 5.95. The summed E-state index contributed by atoms with van der Waals surface area (Å²) < 4.78 is 6.92. The van der Waals surface area contributed by atoms with Gasteiger partial charge in [-0.3, -0.25) is 14.0 Å². The first-order valence-electron chi connectivity index (χ1n) is 8.29. The summed E-state index contributed by atoms with van der Waals surface area (Å²) in [4.78, 5) is 29.1. The van der Waals surface area contributed by atoms with Crippen LogP contribution in [0.15, 0.2) is 59.5 Å². The van der Waals surface area contributed by atoms with Gasteiger partial charge in [-0.2, -0.15) is 0 Å². The quantitative estimate of drug-likeness (QED) is 0.671. The van der Waals surface area contributed by atoms with E-state index in [1.807, 2.05) is 50.2 Å². The van der Waals surface area contributed by atoms with E-state index in [0.717, 1.165) is 11.1 Å². The van der Waals surface area contributed by atoms with Gasteiger partial charge in [0.15, 0.2) is 0 Å². The number of hydrogen-bond donors (Lipinski definition) is 0. The molecule has 5 heteroatoms. The van der Waals surface area contributed by atoms with Crippen molar-refractivity contribution in [3.8, 4) is 0 Å². The summed E-state index contributed by atoms with van der Waals surface area (Å²) in [6.07, 6.45) is 2.33. The lowest BCUT2D eigenvalue weighted by molar-refractivity contribution is -0.147. The molecule has 0 bridgehead atoms. The molecule has 0 aliphatic rings. The fourth-order valence-corrected chi connectivity index (χ4v) is 2.85. The van der Waals surface area contributed by atoms with Crippen LogP contribution in [0.1, 0.15) is 36.1 Å². The van der Waals surface area contributed by atoms with Crippen LogP contribution in [-0.2, 0) is 16.1 Å². The van der Waals surface area contributed by atoms with Crippen molar-refractivity contribution in [2.24, 2.45) is 0 Å². The number of carbonyl (C=O) groups is 1. The van der Waals surface area contributed by atoms with Gasteiger partial charge in [0.05, 0.1) is 11.6 Å². The first kappa shape index (κ1) is 16.9. The number of aryl methyl sites for hydroxylation is 1. The molecule has 2 aromatic heterocycles. The third-order valence-electron chi connectivity index (χ3n) is 4.20. The Balaban J connectivity index is 1.79. The van der Waals surface area contributed by atoms with Gasteiger partial charge in [0.1, 0.15) is 12.3 Å². The van der Waals surface area contributed by atoms with Crippen molar-refractivity contribution in [3.63, 3.8) is 0 Å². The molecular formula is C20H20N2O3. The summed E-state index contributed by atoms with van der Waals surface area (Å²) in [5.41, 5.74) is 2.67. The largest absolute Gasteiger partial charge is 0.459 e. The highest BCUT2D eigenvalue weighted by Crippen LogP contribution is 2.21. The average Bonchev–Trinajstić information content (AvgIpc) is 2.62. The maximum absolute atomic E-state index is 12.4. The molecule has 0 saturated heterocycles. The number of benzene rings is 1. The Morgan fingerprint density at radius 1 is 1.20 bits per heavy atom. The molecule has 2 heterocycles. The number of hydrogen-bond acceptors (Lipinski definition) is 4. The number of fused-ring (bicyclic) bond motifs is 1. The lowest BCUT2D eigenvalue weighted by Gasteiger charge is -2.14. The van der Waals surface area contributed by atoms with E-state index in [-0.39, 0.29) is 24.1 Å². The summed E-state index contributed by atoms with van der Waals surface area (Å²) in [6.45, 7) is 3.82. The minimum absolute atomic E-state index is 0.0117. The van der Waals surface area contributed by atoms with Crippen LogP contribution in [0, 0.1) is 6.92 Å². The summed E-state index contributed by atoms with van der Waals surface area (Å²) >= 11 is 0. The Kier molecular flexibility index (Phi) is 4.93. The van der Waals surface area contributed by atoms with Gasteiger partial charge in [-0.1, -0.05) is 43.3 Å². The summed E-state index contributed by atoms with van der Waals surface area (Å²) in [5, 5.41) is 0. The molecule has 0 radical (unpaired) electrons. The Morgan fingerprint density at radius 2 is 1.96 bits per heavy atom. The fraction of sp³-hybridized carbons (Fsp3) is 0.250. The second kappa shape index (κ2) is 7.30. The molecule has 0 spiro atoms. The third kappa shape index (κ3) is 3.60. The summed E-state index contributed by atoms with van der Waals surface area (Å²) in [5.74, 6) is -0.620. The van der Waals surface area contributed by atoms with Gasteiger partial charge in [0, 0.05) is 12.3 Å². The van der Waals surface area contributed by atoms with E-state index >= 15 is 0 Å². The van der Waals surface area contributed by atoms with Crippen LogP contribution in [0.25, 0.3) is 5.65 Å². The Hall–Kier alpha value is -2.95. The highest BCUT2D eigenvalue weighted by molar-refractivity contribution is 5.78. The van der Waals surface area contributed by atoms with Crippen LogP contribution in [0.3, 0.4) is 0 Å². The van der Waals surface area contributed by atoms with Gasteiger partial charge < -0.3 is 4.74 Å². The predicted octanol–water partition coefficient (Wildman–Crippen LogP) is 3.24. The predicted molar refractivity (Wildman–Crippen MR) is 95.5 cm³/mol. The standard InChI is InChI=1S/C20H20N2O3/c1-3-17(15-9-5-4-6-10-15)20(24)25-13-16-12-18(23)22-11-7-8-14(2)19(22)21-16/h4-12,17H,3,13H2,1-2H3/t17-/m1/s1. The van der Waals surface area contributed by atoms with E-state index in [9.17, 15) is 9.59 Å². The number of ether oxygens (including phenoxy) is 1. The van der Waals surface area contributed by atoms with Crippen LogP contribution in [0.4, 0.5) is 0 Å². The molecule has 1 atom stereocenters. The number of rotatable bonds is 5. The molecule has 5 nitrogen and oxygen atoms in total. The van der Waals surface area contributed by atoms with Crippen LogP contribution < -0.4 is 5.56 Å². The van der Waals surface area contributed by atoms with E-state index in [2.05, 4.69) is 4.98 Å². The van der Waals surface area contributed by atoms with Crippen molar-refractivity contribution in [3.05, 3.63) is 81.9 Å². The first-order chi connectivity index (χ1) is 12.1. The van der Waals surface area contributed by atoms with Gasteiger partial charge in [0.25, 0.3) is 5.56 Å². The van der Waals surface area contributed by atoms with Crippen LogP contribution in [0.5, 0.6) is 0 Å². The fourth-order valence-electron chi connectivity index (χ4n) is 2.85. The molecule has 0 fully saturated rings. The van der Waals surface area contributed by atoms with Crippen LogP contribution >= 0.6 is 0 Å². The molecule has 0 amide bonds. The van der Waals surface area contributed by atoms with Gasteiger partial charge >= 0.3 is 5.97 Å². The first-order valence-corrected chi connectivity index (χ1v) is 8.29. The van der Waals surface area contributed by atoms with E-state index in [1.165, 1.54) is 10.5 Å². The molecule has 0 saturated carbocycles. The minimum Gasteiger partial charge on any atom is -0.459 e. The monoisotopic (exact) mass is 336 g/mol. The van der Waals surface area contributed by atoms with Crippen molar-refractivity contribution in [2.75, 3.05) is 0 Å². The maximum Gasteiger partial charge on any atom is 0.313 e. The maximum atomic E-state index is 12.4. The number of carbonyl (C=O) groups excluding carboxylic acids is 1. The van der Waals surface area contributed by atoms with Crippen molar-refractivity contribution < 1.29 is 9.53 Å². The van der Waals surface area contributed by atoms with Gasteiger partial charge in [0.2, 0.25) is 0 Å². The van der Waals surface area contributed by atoms with Crippen molar-refractivity contribution in [1.29, 1.82) is 0 Å². The molecule has 1 aromatic carbocycles. The lowest BCUT2D eigenvalue weighted by Crippen LogP contribution is -2.19. The van der Waals surface area contributed by atoms with Gasteiger partial charge in [-0.15, -0.1) is 0 Å². The Labute approximate surface area is 145 Å². The Bertz CT molecular complexity index is 948. The zero-order chi connectivity index (χ0) is 17.8. The SMILES string of the molecule is CC[C@@H](C(=O)OCc1cc(=O)n2cccc(C)c2n1)c1ccccc1. The molecule has 3 rings (SSSR count). The van der Waals surface area contributed by atoms with Crippen LogP contribution in [0.2, 0.25) is 0 Å². The number of aromatic nitrogens is 2. The van der Waals surface area contributed by atoms with Crippen molar-refractivity contribution in [1.82, 2.24) is 9.38 Å². The summed E-state index contributed by atoms with van der Waals surface area (Å²) in [6, 6.07) is 14.6. The normalized spacial score (nSPS) is 12.1. The van der Waals surface area contributed by atoms with E-state index < -0.39 is 0 Å². The topological polar surface area (TPSA) is 60.7 Å². The highest BCUT2D eigenvalue weighted by atomic mass is 16.5. The van der Waals surface area contributed by atoms with Crippen molar-refractivity contribution >= 4 is 11.6 Å². The number of esters is 1. The summed E-state index contributed by atoms with van der Waals surface area (Å²) in [7, 11) is 0. The van der Waals surface area contributed by atoms with Gasteiger partial charge in [-0.05, 0) is 30.5 Å². The molecule has 0 unspecified atom stereocenters. The molecule has 0 aliphatic carbocycles.